The van der Waals surface area contributed by atoms with Crippen LogP contribution >= 0.6 is 15.9 Å². The van der Waals surface area contributed by atoms with Crippen LogP contribution in [0.3, 0.4) is 0 Å². The molecule has 0 aromatic carbocycles. The molecule has 0 atom stereocenters. The number of anilines is 1. The molecule has 1 rings (SSSR count). The predicted octanol–water partition coefficient (Wildman–Crippen LogP) is 0.363. The van der Waals surface area contributed by atoms with Gasteiger partial charge in [-0.2, -0.15) is 5.10 Å². The Kier molecular flexibility index (Phi) is 6.51. The van der Waals surface area contributed by atoms with Crippen molar-refractivity contribution in [3.63, 3.8) is 0 Å². The topological polar surface area (TPSA) is 93.5 Å². The van der Waals surface area contributed by atoms with E-state index in [0.717, 1.165) is 11.1 Å². The Morgan fingerprint density at radius 3 is 2.95 bits per heavy atom. The summed E-state index contributed by atoms with van der Waals surface area (Å²) in [6.07, 6.45) is 2.94. The number of methoxy groups -OCH3 is 1. The van der Waals surface area contributed by atoms with Gasteiger partial charge in [0.25, 0.3) is 5.56 Å². The second-order valence-corrected chi connectivity index (χ2v) is 4.56. The number of carbonyl (C=O) groups is 1. The zero-order valence-corrected chi connectivity index (χ0v) is 12.1. The molecule has 0 saturated carbocycles. The number of aliphatic hydroxyl groups is 1. The van der Waals surface area contributed by atoms with Crippen LogP contribution in [-0.4, -0.2) is 41.1 Å². The van der Waals surface area contributed by atoms with Crippen LogP contribution < -0.4 is 10.9 Å². The molecule has 1 heterocycles. The predicted molar refractivity (Wildman–Crippen MR) is 73.0 cm³/mol. The highest BCUT2D eigenvalue weighted by Crippen LogP contribution is 2.15. The van der Waals surface area contributed by atoms with Gasteiger partial charge < -0.3 is 15.2 Å². The summed E-state index contributed by atoms with van der Waals surface area (Å²) in [5, 5.41) is 15.6. The van der Waals surface area contributed by atoms with Gasteiger partial charge in [-0.25, -0.2) is 4.68 Å². The quantitative estimate of drug-likeness (QED) is 0.553. The molecule has 0 radical (unpaired) electrons. The zero-order chi connectivity index (χ0) is 14.3. The van der Waals surface area contributed by atoms with Gasteiger partial charge in [0.05, 0.1) is 19.0 Å². The van der Waals surface area contributed by atoms with E-state index in [1.807, 2.05) is 0 Å². The fourth-order valence-corrected chi connectivity index (χ4v) is 1.79. The van der Waals surface area contributed by atoms with Crippen molar-refractivity contribution in [3.05, 3.63) is 21.0 Å². The minimum atomic E-state index is -0.537. The number of ether oxygens (including phenoxy) is 1. The number of carbonyl (C=O) groups excluding carboxylic acids is 1. The highest BCUT2D eigenvalue weighted by atomic mass is 79.9. The summed E-state index contributed by atoms with van der Waals surface area (Å²) >= 11 is 3.17. The second kappa shape index (κ2) is 7.90. The van der Waals surface area contributed by atoms with Gasteiger partial charge in [-0.1, -0.05) is 0 Å². The highest BCUT2D eigenvalue weighted by molar-refractivity contribution is 9.10. The molecule has 0 spiro atoms. The first-order valence-corrected chi connectivity index (χ1v) is 6.56. The summed E-state index contributed by atoms with van der Waals surface area (Å²) in [6, 6.07) is 0. The third kappa shape index (κ3) is 4.64. The number of aliphatic hydroxyl groups excluding tert-OH is 1. The number of halogens is 1. The first-order chi connectivity index (χ1) is 9.10. The minimum Gasteiger partial charge on any atom is -0.468 e. The van der Waals surface area contributed by atoms with Gasteiger partial charge in [-0.05, 0) is 28.8 Å². The lowest BCUT2D eigenvalue weighted by Crippen LogP contribution is -2.28. The molecule has 0 amide bonds. The molecule has 0 aliphatic carbocycles. The lowest BCUT2D eigenvalue weighted by atomic mass is 10.3. The van der Waals surface area contributed by atoms with Gasteiger partial charge >= 0.3 is 5.97 Å². The van der Waals surface area contributed by atoms with Crippen molar-refractivity contribution in [2.45, 2.75) is 19.4 Å². The van der Waals surface area contributed by atoms with Crippen LogP contribution in [0, 0.1) is 0 Å². The Bertz CT molecular complexity index is 489. The molecule has 7 nitrogen and oxygen atoms in total. The summed E-state index contributed by atoms with van der Waals surface area (Å²) in [5.74, 6) is -0.537. The first kappa shape index (κ1) is 15.6. The molecule has 1 aromatic heterocycles. The Hall–Kier alpha value is -1.41. The van der Waals surface area contributed by atoms with Gasteiger partial charge in [0.1, 0.15) is 11.0 Å². The molecule has 0 aliphatic heterocycles. The fraction of sp³-hybridized carbons (Fsp3) is 0.545. The standard InChI is InChI=1S/C11H16BrN3O4/c1-19-9(17)7-15-11(18)10(12)8(6-14-15)13-4-2-3-5-16/h6,13,16H,2-5,7H2,1H3. The molecule has 0 saturated heterocycles. The average Bonchev–Trinajstić information content (AvgIpc) is 2.42. The van der Waals surface area contributed by atoms with Gasteiger partial charge in [0, 0.05) is 13.2 Å². The number of hydrogen-bond acceptors (Lipinski definition) is 6. The summed E-state index contributed by atoms with van der Waals surface area (Å²) in [5.41, 5.74) is 0.154. The van der Waals surface area contributed by atoms with Gasteiger partial charge in [-0.3, -0.25) is 9.59 Å². The first-order valence-electron chi connectivity index (χ1n) is 5.77. The van der Waals surface area contributed by atoms with Crippen LogP contribution in [0.25, 0.3) is 0 Å². The molecule has 0 fully saturated rings. The number of rotatable bonds is 7. The summed E-state index contributed by atoms with van der Waals surface area (Å²) < 4.78 is 5.82. The Labute approximate surface area is 118 Å². The number of nitrogens with one attached hydrogen (secondary N) is 1. The Balaban J connectivity index is 2.74. The van der Waals surface area contributed by atoms with Gasteiger partial charge in [0.2, 0.25) is 0 Å². The van der Waals surface area contributed by atoms with Crippen LogP contribution in [0.1, 0.15) is 12.8 Å². The zero-order valence-electron chi connectivity index (χ0n) is 10.6. The van der Waals surface area contributed by atoms with Crippen molar-refractivity contribution < 1.29 is 14.6 Å². The van der Waals surface area contributed by atoms with E-state index in [9.17, 15) is 9.59 Å². The normalized spacial score (nSPS) is 10.3. The lowest BCUT2D eigenvalue weighted by Gasteiger charge is -2.09. The maximum absolute atomic E-state index is 11.9. The van der Waals surface area contributed by atoms with Crippen molar-refractivity contribution in [2.75, 3.05) is 25.6 Å². The highest BCUT2D eigenvalue weighted by Gasteiger charge is 2.11. The molecule has 1 aromatic rings. The fourth-order valence-electron chi connectivity index (χ4n) is 1.35. The third-order valence-corrected chi connectivity index (χ3v) is 3.16. The summed E-state index contributed by atoms with van der Waals surface area (Å²) in [6.45, 7) is 0.543. The largest absolute Gasteiger partial charge is 0.468 e. The van der Waals surface area contributed by atoms with Gasteiger partial charge in [0.15, 0.2) is 0 Å². The summed E-state index contributed by atoms with van der Waals surface area (Å²) in [4.78, 5) is 23.0. The van der Waals surface area contributed by atoms with Crippen molar-refractivity contribution in [3.8, 4) is 0 Å². The Morgan fingerprint density at radius 1 is 1.58 bits per heavy atom. The number of hydrogen-bond donors (Lipinski definition) is 2. The maximum Gasteiger partial charge on any atom is 0.327 e. The molecular weight excluding hydrogens is 318 g/mol. The molecule has 0 bridgehead atoms. The van der Waals surface area contributed by atoms with E-state index >= 15 is 0 Å². The molecular formula is C11H16BrN3O4. The van der Waals surface area contributed by atoms with E-state index < -0.39 is 11.5 Å². The van der Waals surface area contributed by atoms with Crippen molar-refractivity contribution in [1.29, 1.82) is 0 Å². The number of nitrogens with zero attached hydrogens (tertiary/aromatic N) is 2. The number of esters is 1. The molecule has 19 heavy (non-hydrogen) atoms. The van der Waals surface area contributed by atoms with Crippen LogP contribution in [0.15, 0.2) is 15.5 Å². The SMILES string of the molecule is COC(=O)Cn1ncc(NCCCCO)c(Br)c1=O. The van der Waals surface area contributed by atoms with E-state index in [2.05, 4.69) is 31.1 Å². The number of unbranched alkanes of at least 4 members (excludes halogenated alkanes) is 1. The van der Waals surface area contributed by atoms with E-state index in [4.69, 9.17) is 5.11 Å². The van der Waals surface area contributed by atoms with E-state index in [-0.39, 0.29) is 13.2 Å². The van der Waals surface area contributed by atoms with E-state index in [1.165, 1.54) is 13.3 Å². The molecule has 0 unspecified atom stereocenters. The molecule has 0 aliphatic rings. The smallest absolute Gasteiger partial charge is 0.327 e. The maximum atomic E-state index is 11.9. The molecule has 8 heteroatoms. The average molecular weight is 334 g/mol. The number of aromatic nitrogens is 2. The van der Waals surface area contributed by atoms with Crippen molar-refractivity contribution >= 4 is 27.6 Å². The third-order valence-electron chi connectivity index (χ3n) is 2.39. The molecule has 106 valence electrons. The van der Waals surface area contributed by atoms with E-state index in [0.29, 0.717) is 23.1 Å². The van der Waals surface area contributed by atoms with E-state index in [1.54, 1.807) is 0 Å². The monoisotopic (exact) mass is 333 g/mol. The van der Waals surface area contributed by atoms with Crippen LogP contribution in [0.5, 0.6) is 0 Å². The lowest BCUT2D eigenvalue weighted by molar-refractivity contribution is -0.141. The van der Waals surface area contributed by atoms with Crippen LogP contribution in [0.4, 0.5) is 5.69 Å². The van der Waals surface area contributed by atoms with Crippen LogP contribution in [0.2, 0.25) is 0 Å². The Morgan fingerprint density at radius 2 is 2.32 bits per heavy atom. The second-order valence-electron chi connectivity index (χ2n) is 3.77. The van der Waals surface area contributed by atoms with Gasteiger partial charge in [-0.15, -0.1) is 0 Å². The van der Waals surface area contributed by atoms with Crippen LogP contribution in [-0.2, 0) is 16.1 Å². The van der Waals surface area contributed by atoms with Crippen molar-refractivity contribution in [1.82, 2.24) is 9.78 Å². The van der Waals surface area contributed by atoms with Crippen molar-refractivity contribution in [2.24, 2.45) is 0 Å². The molecule has 2 N–H and O–H groups in total. The minimum absolute atomic E-state index is 0.141. The summed E-state index contributed by atoms with van der Waals surface area (Å²) in [7, 11) is 1.25.